The summed E-state index contributed by atoms with van der Waals surface area (Å²) >= 11 is 5.27. The third-order valence-electron chi connectivity index (χ3n) is 8.54. The van der Waals surface area contributed by atoms with Gasteiger partial charge in [0.25, 0.3) is 22.9 Å². The zero-order valence-corrected chi connectivity index (χ0v) is 36.4. The average molecular weight is 906 g/mol. The number of aromatic nitrogens is 10. The standard InChI is InChI=1S/C22H20N6O3.C12H15N3O2.C10H6ClN3O.ClH/c1-22(2,30)21-27-18(28-31-21)15-7-5-6-14(10-15)11-26-20(29)16-12-24-19(25-13-16)17-8-3-4-9-23-17;1-12(2,16)11-14-10(15-17-11)9-5-3-4-8(6-9)7-13;11-9(15)7-5-13-10(14-6-7)8-3-1-2-4-12-8;/h3-10,12-13,30H,11H2,1-2H3,(H,26,29);3-6,16H,7,13H2,1-2H3;1-6H;1H. The van der Waals surface area contributed by atoms with Crippen molar-refractivity contribution < 1.29 is 28.8 Å². The Morgan fingerprint density at radius 3 is 1.48 bits per heavy atom. The van der Waals surface area contributed by atoms with Crippen molar-refractivity contribution in [2.75, 3.05) is 0 Å². The molecule has 8 rings (SSSR count). The molecule has 18 nitrogen and oxygen atoms in total. The molecular formula is C44H42Cl2N12O6. The minimum Gasteiger partial charge on any atom is -0.381 e. The molecule has 0 aliphatic carbocycles. The lowest BCUT2D eigenvalue weighted by atomic mass is 10.1. The molecule has 64 heavy (non-hydrogen) atoms. The summed E-state index contributed by atoms with van der Waals surface area (Å²) in [5.74, 6) is 1.79. The third-order valence-corrected chi connectivity index (χ3v) is 8.76. The molecule has 0 radical (unpaired) electrons. The number of hydrogen-bond donors (Lipinski definition) is 4. The number of benzene rings is 2. The van der Waals surface area contributed by atoms with Crippen LogP contribution in [0.1, 0.15) is 71.3 Å². The van der Waals surface area contributed by atoms with Gasteiger partial charge >= 0.3 is 0 Å². The number of carbonyl (C=O) groups is 2. The Balaban J connectivity index is 0.000000197. The van der Waals surface area contributed by atoms with Crippen LogP contribution >= 0.6 is 24.0 Å². The van der Waals surface area contributed by atoms with Crippen LogP contribution in [0.15, 0.2) is 131 Å². The summed E-state index contributed by atoms with van der Waals surface area (Å²) in [7, 11) is 0. The maximum absolute atomic E-state index is 12.5. The number of rotatable bonds is 11. The molecule has 20 heteroatoms. The number of halogens is 2. The first-order valence-corrected chi connectivity index (χ1v) is 19.5. The summed E-state index contributed by atoms with van der Waals surface area (Å²) < 4.78 is 10.1. The highest BCUT2D eigenvalue weighted by Gasteiger charge is 2.25. The Hall–Kier alpha value is -7.22. The quantitative estimate of drug-likeness (QED) is 0.101. The van der Waals surface area contributed by atoms with Crippen LogP contribution in [-0.4, -0.2) is 71.5 Å². The van der Waals surface area contributed by atoms with Gasteiger partial charge in [0.1, 0.15) is 22.6 Å². The molecule has 0 atom stereocenters. The number of nitrogens with one attached hydrogen (secondary N) is 1. The molecule has 0 aliphatic rings. The van der Waals surface area contributed by atoms with Crippen LogP contribution in [0.2, 0.25) is 0 Å². The molecule has 5 N–H and O–H groups in total. The molecule has 0 unspecified atom stereocenters. The molecule has 328 valence electrons. The molecule has 8 aromatic rings. The van der Waals surface area contributed by atoms with Crippen LogP contribution in [0.25, 0.3) is 45.8 Å². The van der Waals surface area contributed by atoms with E-state index < -0.39 is 16.4 Å². The summed E-state index contributed by atoms with van der Waals surface area (Å²) in [6.07, 6.45) is 9.02. The molecule has 6 aromatic heterocycles. The van der Waals surface area contributed by atoms with E-state index in [-0.39, 0.29) is 35.7 Å². The molecule has 6 heterocycles. The Morgan fingerprint density at radius 1 is 0.625 bits per heavy atom. The van der Waals surface area contributed by atoms with E-state index >= 15 is 0 Å². The lowest BCUT2D eigenvalue weighted by molar-refractivity contribution is 0.0417. The van der Waals surface area contributed by atoms with Gasteiger partial charge in [-0.1, -0.05) is 58.8 Å². The van der Waals surface area contributed by atoms with Gasteiger partial charge in [-0.2, -0.15) is 9.97 Å². The Kier molecular flexibility index (Phi) is 16.2. The van der Waals surface area contributed by atoms with E-state index in [1.54, 1.807) is 58.3 Å². The molecule has 0 aliphatic heterocycles. The number of amides is 1. The number of pyridine rings is 2. The van der Waals surface area contributed by atoms with Gasteiger partial charge < -0.3 is 30.3 Å². The Bertz CT molecular complexity index is 2740. The van der Waals surface area contributed by atoms with E-state index in [9.17, 15) is 19.8 Å². The predicted molar refractivity (Wildman–Crippen MR) is 237 cm³/mol. The Morgan fingerprint density at radius 2 is 1.08 bits per heavy atom. The van der Waals surface area contributed by atoms with Gasteiger partial charge in [-0.15, -0.1) is 12.4 Å². The highest BCUT2D eigenvalue weighted by atomic mass is 35.5. The summed E-state index contributed by atoms with van der Waals surface area (Å²) in [5.41, 5.74) is 8.54. The van der Waals surface area contributed by atoms with Gasteiger partial charge in [-0.05, 0) is 86.8 Å². The van der Waals surface area contributed by atoms with Crippen molar-refractivity contribution in [2.45, 2.75) is 52.0 Å². The third kappa shape index (κ3) is 13.1. The molecule has 0 spiro atoms. The summed E-state index contributed by atoms with van der Waals surface area (Å²) in [4.78, 5) is 56.3. The monoisotopic (exact) mass is 904 g/mol. The SMILES string of the molecule is CC(C)(O)c1nc(-c2cccc(CN)c2)no1.CC(C)(O)c1nc(-c2cccc(CNC(=O)c3cnc(-c4ccccn4)nc3)c2)no1.Cl.O=C(Cl)c1cnc(-c2ccccn2)nc1. The van der Waals surface area contributed by atoms with E-state index in [0.717, 1.165) is 16.7 Å². The predicted octanol–water partition coefficient (Wildman–Crippen LogP) is 6.51. The van der Waals surface area contributed by atoms with Crippen LogP contribution in [-0.2, 0) is 24.3 Å². The molecule has 1 amide bonds. The first-order valence-electron chi connectivity index (χ1n) is 19.1. The van der Waals surface area contributed by atoms with Crippen molar-refractivity contribution in [1.29, 1.82) is 0 Å². The van der Waals surface area contributed by atoms with E-state index in [0.29, 0.717) is 58.9 Å². The van der Waals surface area contributed by atoms with Crippen LogP contribution in [0.5, 0.6) is 0 Å². The molecular weight excluding hydrogens is 863 g/mol. The van der Waals surface area contributed by atoms with E-state index in [1.807, 2.05) is 66.7 Å². The van der Waals surface area contributed by atoms with Crippen molar-refractivity contribution in [3.63, 3.8) is 0 Å². The zero-order valence-electron chi connectivity index (χ0n) is 34.8. The van der Waals surface area contributed by atoms with E-state index in [1.165, 1.54) is 24.8 Å². The smallest absolute Gasteiger partial charge is 0.258 e. The number of carbonyl (C=O) groups excluding carboxylic acids is 2. The highest BCUT2D eigenvalue weighted by Crippen LogP contribution is 2.24. The van der Waals surface area contributed by atoms with Crippen molar-refractivity contribution in [1.82, 2.24) is 55.5 Å². The first kappa shape index (κ1) is 47.8. The first-order chi connectivity index (χ1) is 30.2. The molecule has 0 bridgehead atoms. The van der Waals surface area contributed by atoms with Crippen LogP contribution in [0, 0.1) is 0 Å². The lowest BCUT2D eigenvalue weighted by Crippen LogP contribution is -2.23. The molecule has 2 aromatic carbocycles. The van der Waals surface area contributed by atoms with Crippen LogP contribution in [0.3, 0.4) is 0 Å². The molecule has 0 saturated heterocycles. The van der Waals surface area contributed by atoms with Gasteiger partial charge in [0.05, 0.1) is 11.1 Å². The minimum atomic E-state index is -1.22. The second-order valence-corrected chi connectivity index (χ2v) is 14.9. The minimum absolute atomic E-state index is 0. The second kappa shape index (κ2) is 21.7. The topological polar surface area (TPSA) is 268 Å². The van der Waals surface area contributed by atoms with Gasteiger partial charge in [0.2, 0.25) is 11.6 Å². The van der Waals surface area contributed by atoms with E-state index in [2.05, 4.69) is 55.5 Å². The van der Waals surface area contributed by atoms with E-state index in [4.69, 9.17) is 26.4 Å². The number of nitrogens with two attached hydrogens (primary N) is 1. The lowest BCUT2D eigenvalue weighted by Gasteiger charge is -2.09. The normalized spacial score (nSPS) is 10.9. The second-order valence-electron chi connectivity index (χ2n) is 14.5. The fraction of sp³-hybridized carbons (Fsp3) is 0.182. The fourth-order valence-corrected chi connectivity index (χ4v) is 5.35. The Labute approximate surface area is 377 Å². The maximum atomic E-state index is 12.5. The number of aliphatic hydroxyl groups is 2. The van der Waals surface area contributed by atoms with Crippen LogP contribution in [0.4, 0.5) is 0 Å². The summed E-state index contributed by atoms with van der Waals surface area (Å²) in [5, 5.41) is 29.7. The summed E-state index contributed by atoms with van der Waals surface area (Å²) in [6.45, 7) is 7.10. The number of nitrogens with zero attached hydrogens (tertiary/aromatic N) is 10. The fourth-order valence-electron chi connectivity index (χ4n) is 5.25. The average Bonchev–Trinajstić information content (AvgIpc) is 4.02. The van der Waals surface area contributed by atoms with Crippen molar-refractivity contribution in [3.8, 4) is 45.8 Å². The van der Waals surface area contributed by atoms with Gasteiger partial charge in [-0.25, -0.2) is 19.9 Å². The van der Waals surface area contributed by atoms with Gasteiger partial charge in [-0.3, -0.25) is 19.6 Å². The summed E-state index contributed by atoms with van der Waals surface area (Å²) in [6, 6.07) is 25.9. The van der Waals surface area contributed by atoms with Gasteiger partial charge in [0, 0.05) is 61.4 Å². The van der Waals surface area contributed by atoms with Crippen molar-refractivity contribution >= 4 is 35.2 Å². The van der Waals surface area contributed by atoms with Crippen molar-refractivity contribution in [2.24, 2.45) is 5.73 Å². The molecule has 0 fully saturated rings. The molecule has 0 saturated carbocycles. The largest absolute Gasteiger partial charge is 0.381 e. The van der Waals surface area contributed by atoms with Crippen molar-refractivity contribution in [3.05, 3.63) is 156 Å². The van der Waals surface area contributed by atoms with Gasteiger partial charge in [0.15, 0.2) is 11.6 Å². The zero-order chi connectivity index (χ0) is 45.0. The number of hydrogen-bond acceptors (Lipinski definition) is 17. The maximum Gasteiger partial charge on any atom is 0.258 e. The highest BCUT2D eigenvalue weighted by molar-refractivity contribution is 6.67. The van der Waals surface area contributed by atoms with Crippen LogP contribution < -0.4 is 11.1 Å².